The number of rotatable bonds is 11. The van der Waals surface area contributed by atoms with Gasteiger partial charge in [-0.15, -0.1) is 0 Å². The molecule has 15 nitrogen and oxygen atoms in total. The van der Waals surface area contributed by atoms with Crippen molar-refractivity contribution in [2.75, 3.05) is 13.1 Å². The zero-order valence-corrected chi connectivity index (χ0v) is 29.1. The number of hydrogen-bond acceptors (Lipinski definition) is 8. The first-order chi connectivity index (χ1) is 24.4. The summed E-state index contributed by atoms with van der Waals surface area (Å²) in [5, 5.41) is 16.1. The molecule has 1 fully saturated rings. The molecule has 7 amide bonds. The molecule has 15 heteroatoms. The molecule has 3 rings (SSSR count). The van der Waals surface area contributed by atoms with Gasteiger partial charge in [0.25, 0.3) is 0 Å². The molecule has 0 unspecified atom stereocenters. The van der Waals surface area contributed by atoms with Crippen LogP contribution in [0.4, 0.5) is 0 Å². The maximum absolute atomic E-state index is 13.9. The molecule has 2 aromatic rings. The van der Waals surface area contributed by atoms with Gasteiger partial charge < -0.3 is 43.4 Å². The molecule has 1 heterocycles. The molecular weight excluding hydrogens is 656 g/mol. The Kier molecular flexibility index (Phi) is 16.0. The van der Waals surface area contributed by atoms with E-state index in [9.17, 15) is 33.6 Å². The summed E-state index contributed by atoms with van der Waals surface area (Å²) in [4.78, 5) is 92.2. The Balaban J connectivity index is 1.93. The van der Waals surface area contributed by atoms with Crippen molar-refractivity contribution in [1.29, 1.82) is 0 Å². The van der Waals surface area contributed by atoms with Crippen molar-refractivity contribution in [3.63, 3.8) is 0 Å². The first kappa shape index (κ1) is 40.1. The summed E-state index contributed by atoms with van der Waals surface area (Å²) < 4.78 is 0. The average Bonchev–Trinajstić information content (AvgIpc) is 3.09. The predicted octanol–water partition coefficient (Wildman–Crippen LogP) is -0.924. The molecule has 1 saturated heterocycles. The van der Waals surface area contributed by atoms with Crippen LogP contribution in [0.25, 0.3) is 0 Å². The molecule has 0 bridgehead atoms. The summed E-state index contributed by atoms with van der Waals surface area (Å²) in [6, 6.07) is 12.1. The van der Waals surface area contributed by atoms with E-state index in [1.54, 1.807) is 54.6 Å². The molecule has 0 radical (unpaired) electrons. The van der Waals surface area contributed by atoms with Crippen LogP contribution in [0.15, 0.2) is 60.7 Å². The normalized spacial score (nSPS) is 21.6. The summed E-state index contributed by atoms with van der Waals surface area (Å²) in [6.45, 7) is 3.57. The van der Waals surface area contributed by atoms with Gasteiger partial charge in [0.1, 0.15) is 30.2 Å². The van der Waals surface area contributed by atoms with Gasteiger partial charge in [0, 0.05) is 19.4 Å². The largest absolute Gasteiger partial charge is 0.368 e. The summed E-state index contributed by atoms with van der Waals surface area (Å²) in [7, 11) is 0. The van der Waals surface area contributed by atoms with Gasteiger partial charge in [-0.2, -0.15) is 0 Å². The van der Waals surface area contributed by atoms with Crippen LogP contribution in [0, 0.1) is 5.92 Å². The van der Waals surface area contributed by atoms with Crippen LogP contribution < -0.4 is 43.4 Å². The van der Waals surface area contributed by atoms with Crippen molar-refractivity contribution in [3.05, 3.63) is 71.8 Å². The van der Waals surface area contributed by atoms with E-state index in [2.05, 4.69) is 31.9 Å². The Hall–Kier alpha value is -5.31. The number of primary amides is 1. The topological polar surface area (TPSA) is 244 Å². The molecule has 51 heavy (non-hydrogen) atoms. The van der Waals surface area contributed by atoms with E-state index in [1.807, 2.05) is 19.9 Å². The van der Waals surface area contributed by atoms with Crippen LogP contribution in [0.1, 0.15) is 57.1 Å². The van der Waals surface area contributed by atoms with Gasteiger partial charge in [0.05, 0.1) is 13.0 Å². The molecule has 5 atom stereocenters. The van der Waals surface area contributed by atoms with Gasteiger partial charge >= 0.3 is 0 Å². The highest BCUT2D eigenvalue weighted by Crippen LogP contribution is 2.12. The molecule has 0 aliphatic carbocycles. The Morgan fingerprint density at radius 3 is 2.04 bits per heavy atom. The Morgan fingerprint density at radius 2 is 1.43 bits per heavy atom. The highest BCUT2D eigenvalue weighted by atomic mass is 16.2. The van der Waals surface area contributed by atoms with Crippen molar-refractivity contribution < 1.29 is 33.6 Å². The van der Waals surface area contributed by atoms with Crippen LogP contribution >= 0.6 is 0 Å². The maximum Gasteiger partial charge on any atom is 0.243 e. The minimum atomic E-state index is -1.34. The minimum Gasteiger partial charge on any atom is -0.368 e. The summed E-state index contributed by atoms with van der Waals surface area (Å²) in [5.41, 5.74) is 12.5. The van der Waals surface area contributed by atoms with Crippen LogP contribution in [-0.4, -0.2) is 84.6 Å². The third-order valence-corrected chi connectivity index (χ3v) is 8.30. The monoisotopic (exact) mass is 706 g/mol. The van der Waals surface area contributed by atoms with E-state index >= 15 is 0 Å². The van der Waals surface area contributed by atoms with E-state index in [0.29, 0.717) is 18.4 Å². The number of benzene rings is 2. The van der Waals surface area contributed by atoms with Gasteiger partial charge in [-0.05, 0) is 42.7 Å². The highest BCUT2D eigenvalue weighted by molar-refractivity contribution is 5.97. The zero-order chi connectivity index (χ0) is 37.3. The van der Waals surface area contributed by atoms with Gasteiger partial charge in [-0.1, -0.05) is 74.5 Å². The fraction of sp³-hybridized carbons (Fsp3) is 0.472. The van der Waals surface area contributed by atoms with E-state index in [0.717, 1.165) is 5.56 Å². The second kappa shape index (κ2) is 20.4. The van der Waals surface area contributed by atoms with E-state index < -0.39 is 78.0 Å². The van der Waals surface area contributed by atoms with Crippen molar-refractivity contribution in [1.82, 2.24) is 31.9 Å². The summed E-state index contributed by atoms with van der Waals surface area (Å²) >= 11 is 0. The fourth-order valence-electron chi connectivity index (χ4n) is 5.61. The van der Waals surface area contributed by atoms with Gasteiger partial charge in [0.15, 0.2) is 0 Å². The minimum absolute atomic E-state index is 0.0362. The second-order valence-electron chi connectivity index (χ2n) is 13.0. The number of nitrogens with one attached hydrogen (secondary N) is 6. The van der Waals surface area contributed by atoms with Gasteiger partial charge in [-0.3, -0.25) is 33.6 Å². The Morgan fingerprint density at radius 1 is 0.824 bits per heavy atom. The van der Waals surface area contributed by atoms with E-state index in [1.165, 1.54) is 0 Å². The second-order valence-corrected chi connectivity index (χ2v) is 13.0. The number of carbonyl (C=O) groups is 7. The van der Waals surface area contributed by atoms with Crippen LogP contribution in [0.2, 0.25) is 0 Å². The van der Waals surface area contributed by atoms with Crippen LogP contribution in [0.3, 0.4) is 0 Å². The summed E-state index contributed by atoms with van der Waals surface area (Å²) in [6.07, 6.45) is 0.844. The molecule has 0 spiro atoms. The number of carbonyl (C=O) groups excluding carboxylic acids is 7. The molecule has 276 valence electrons. The lowest BCUT2D eigenvalue weighted by molar-refractivity contribution is -0.135. The Bertz CT molecular complexity index is 1510. The van der Waals surface area contributed by atoms with Crippen molar-refractivity contribution in [2.45, 2.75) is 89.0 Å². The van der Waals surface area contributed by atoms with Gasteiger partial charge in [0.2, 0.25) is 41.4 Å². The van der Waals surface area contributed by atoms with E-state index in [4.69, 9.17) is 11.5 Å². The Labute approximate surface area is 297 Å². The first-order valence-electron chi connectivity index (χ1n) is 17.2. The molecule has 2 aromatic carbocycles. The lowest BCUT2D eigenvalue weighted by Gasteiger charge is -2.27. The first-order valence-corrected chi connectivity index (χ1v) is 17.2. The number of amides is 7. The molecule has 10 N–H and O–H groups in total. The van der Waals surface area contributed by atoms with E-state index in [-0.39, 0.29) is 44.7 Å². The molecule has 0 saturated carbocycles. The standard InChI is InChI=1S/C36H50N8O7/c1-22(2)17-27-34(49)44-29(19-24-13-7-4-8-14-24)36(51)42-26(32(38)47)20-30(45)39-16-10-9-15-25(33(48)43-27)41-35(50)28(40-31(46)21-37)18-23-11-5-3-6-12-23/h3-8,11-14,22,25-29H,9-10,15-21,37H2,1-2H3,(H2,38,47)(H,39,45)(H,40,46)(H,41,50)(H,42,51)(H,43,48)(H,44,49)/t25-,26-,27-,28-,29-/m0/s1. The fourth-order valence-corrected chi connectivity index (χ4v) is 5.61. The van der Waals surface area contributed by atoms with Crippen molar-refractivity contribution >= 4 is 41.4 Å². The molecule has 1 aliphatic rings. The molecule has 1 aliphatic heterocycles. The number of nitrogens with two attached hydrogens (primary N) is 2. The third-order valence-electron chi connectivity index (χ3n) is 8.30. The van der Waals surface area contributed by atoms with Crippen LogP contribution in [0.5, 0.6) is 0 Å². The lowest BCUT2D eigenvalue weighted by Crippen LogP contribution is -2.60. The quantitative estimate of drug-likeness (QED) is 0.145. The van der Waals surface area contributed by atoms with Crippen molar-refractivity contribution in [3.8, 4) is 0 Å². The van der Waals surface area contributed by atoms with Gasteiger partial charge in [-0.25, -0.2) is 0 Å². The smallest absolute Gasteiger partial charge is 0.243 e. The summed E-state index contributed by atoms with van der Waals surface area (Å²) in [5.74, 6) is -4.74. The molecular formula is C36H50N8O7. The average molecular weight is 707 g/mol. The maximum atomic E-state index is 13.9. The number of hydrogen-bond donors (Lipinski definition) is 8. The third kappa shape index (κ3) is 13.8. The SMILES string of the molecule is CC(C)C[C@@H]1NC(=O)[C@@H](NC(=O)[C@H](Cc2ccccc2)NC(=O)CN)CCCCNC(=O)C[C@@H](C(N)=O)NC(=O)[C@H](Cc2ccccc2)NC1=O. The van der Waals surface area contributed by atoms with Crippen LogP contribution in [-0.2, 0) is 46.4 Å². The zero-order valence-electron chi connectivity index (χ0n) is 29.1. The van der Waals surface area contributed by atoms with Crippen molar-refractivity contribution in [2.24, 2.45) is 17.4 Å². The lowest BCUT2D eigenvalue weighted by atomic mass is 9.99. The highest BCUT2D eigenvalue weighted by Gasteiger charge is 2.33. The predicted molar refractivity (Wildman–Crippen MR) is 189 cm³/mol. The molecule has 0 aromatic heterocycles.